The van der Waals surface area contributed by atoms with E-state index in [9.17, 15) is 4.79 Å². The van der Waals surface area contributed by atoms with E-state index in [0.29, 0.717) is 21.9 Å². The number of carbonyl (C=O) groups excluding carboxylic acids is 1. The number of aryl methyl sites for hydroxylation is 1. The Labute approximate surface area is 183 Å². The molecule has 3 aliphatic rings. The fourth-order valence-corrected chi connectivity index (χ4v) is 4.81. The number of pyridine rings is 1. The minimum Gasteiger partial charge on any atom is -0.492 e. The molecule has 158 valence electrons. The summed E-state index contributed by atoms with van der Waals surface area (Å²) in [5.74, 6) is 1.52. The van der Waals surface area contributed by atoms with Crippen LogP contribution >= 0.6 is 11.6 Å². The van der Waals surface area contributed by atoms with Crippen LogP contribution in [0, 0.1) is 11.3 Å². The highest BCUT2D eigenvalue weighted by atomic mass is 35.5. The zero-order valence-corrected chi connectivity index (χ0v) is 18.1. The number of amides is 1. The maximum absolute atomic E-state index is 13.6. The van der Waals surface area contributed by atoms with Crippen molar-refractivity contribution in [2.24, 2.45) is 11.3 Å². The number of hydrogen-bond donors (Lipinski definition) is 0. The quantitative estimate of drug-likeness (QED) is 0.585. The van der Waals surface area contributed by atoms with Crippen LogP contribution in [0.2, 0.25) is 5.02 Å². The number of hydrogen-bond acceptors (Lipinski definition) is 3. The lowest BCUT2D eigenvalue weighted by Gasteiger charge is -2.40. The monoisotopic (exact) mass is 424 g/mol. The summed E-state index contributed by atoms with van der Waals surface area (Å²) in [7, 11) is 0. The van der Waals surface area contributed by atoms with Gasteiger partial charge in [-0.15, -0.1) is 0 Å². The number of piperidine rings is 1. The number of rotatable bonds is 7. The highest BCUT2D eigenvalue weighted by molar-refractivity contribution is 6.30. The fourth-order valence-electron chi connectivity index (χ4n) is 4.69. The van der Waals surface area contributed by atoms with E-state index in [4.69, 9.17) is 16.3 Å². The third-order valence-corrected chi connectivity index (χ3v) is 7.25. The first-order valence-corrected chi connectivity index (χ1v) is 11.6. The molecule has 1 unspecified atom stereocenters. The standard InChI is InChI=1S/C25H29ClN2O2/c26-19-7-8-20(27-16-19)9-10-21-15-25(11-12-25)13-14-28(21)24(29)22-3-1-2-4-23(22)30-17-18-5-6-18/h1-4,7-8,16,18,21H,5-6,9-15,17H2. The smallest absolute Gasteiger partial charge is 0.257 e. The average molecular weight is 425 g/mol. The average Bonchev–Trinajstić information content (AvgIpc) is 3.70. The molecule has 2 aliphatic carbocycles. The molecule has 2 aromatic rings. The predicted molar refractivity (Wildman–Crippen MR) is 118 cm³/mol. The summed E-state index contributed by atoms with van der Waals surface area (Å²) in [5.41, 5.74) is 2.23. The molecular weight excluding hydrogens is 396 g/mol. The van der Waals surface area contributed by atoms with Crippen molar-refractivity contribution >= 4 is 17.5 Å². The van der Waals surface area contributed by atoms with Gasteiger partial charge in [0.2, 0.25) is 0 Å². The topological polar surface area (TPSA) is 42.4 Å². The van der Waals surface area contributed by atoms with Crippen molar-refractivity contribution in [1.82, 2.24) is 9.88 Å². The number of halogens is 1. The Balaban J connectivity index is 1.31. The lowest BCUT2D eigenvalue weighted by molar-refractivity contribution is 0.0505. The van der Waals surface area contributed by atoms with Crippen molar-refractivity contribution in [1.29, 1.82) is 0 Å². The summed E-state index contributed by atoms with van der Waals surface area (Å²) < 4.78 is 6.03. The van der Waals surface area contributed by atoms with Crippen LogP contribution in [0.25, 0.3) is 0 Å². The highest BCUT2D eigenvalue weighted by Crippen LogP contribution is 2.55. The Kier molecular flexibility index (Phi) is 5.44. The molecule has 1 aromatic carbocycles. The van der Waals surface area contributed by atoms with Crippen LogP contribution in [0.3, 0.4) is 0 Å². The van der Waals surface area contributed by atoms with Gasteiger partial charge in [-0.3, -0.25) is 9.78 Å². The summed E-state index contributed by atoms with van der Waals surface area (Å²) in [6.45, 7) is 1.56. The molecule has 0 N–H and O–H groups in total. The van der Waals surface area contributed by atoms with Gasteiger partial charge in [-0.1, -0.05) is 23.7 Å². The van der Waals surface area contributed by atoms with Crippen molar-refractivity contribution in [2.45, 2.75) is 57.4 Å². The molecule has 5 rings (SSSR count). The zero-order chi connectivity index (χ0) is 20.6. The SMILES string of the molecule is O=C(c1ccccc1OCC1CC1)N1CCC2(CC2)CC1CCc1ccc(Cl)cn1. The van der Waals surface area contributed by atoms with E-state index < -0.39 is 0 Å². The number of carbonyl (C=O) groups is 1. The maximum Gasteiger partial charge on any atom is 0.257 e. The fraction of sp³-hybridized carbons (Fsp3) is 0.520. The van der Waals surface area contributed by atoms with Crippen LogP contribution < -0.4 is 4.74 Å². The van der Waals surface area contributed by atoms with Crippen LogP contribution in [-0.4, -0.2) is 35.0 Å². The molecular formula is C25H29ClN2O2. The first kappa shape index (κ1) is 19.9. The van der Waals surface area contributed by atoms with Crippen molar-refractivity contribution in [3.05, 3.63) is 58.9 Å². The molecule has 0 bridgehead atoms. The Morgan fingerprint density at radius 2 is 2.00 bits per heavy atom. The molecule has 0 radical (unpaired) electrons. The van der Waals surface area contributed by atoms with Crippen LogP contribution in [0.5, 0.6) is 5.75 Å². The Bertz CT molecular complexity index is 906. The Hall–Kier alpha value is -2.07. The first-order valence-electron chi connectivity index (χ1n) is 11.3. The molecule has 5 heteroatoms. The molecule has 2 saturated carbocycles. The molecule has 30 heavy (non-hydrogen) atoms. The normalized spacial score (nSPS) is 22.2. The minimum atomic E-state index is 0.117. The van der Waals surface area contributed by atoms with Gasteiger partial charge >= 0.3 is 0 Å². The van der Waals surface area contributed by atoms with Gasteiger partial charge in [0.25, 0.3) is 5.91 Å². The molecule has 4 nitrogen and oxygen atoms in total. The van der Waals surface area contributed by atoms with E-state index in [1.807, 2.05) is 36.4 Å². The van der Waals surface area contributed by atoms with E-state index in [1.54, 1.807) is 6.20 Å². The zero-order valence-electron chi connectivity index (χ0n) is 17.4. The van der Waals surface area contributed by atoms with Crippen molar-refractivity contribution in [3.63, 3.8) is 0 Å². The number of nitrogens with zero attached hydrogens (tertiary/aromatic N) is 2. The van der Waals surface area contributed by atoms with E-state index in [1.165, 1.54) is 25.7 Å². The third kappa shape index (κ3) is 4.49. The maximum atomic E-state index is 13.6. The lowest BCUT2D eigenvalue weighted by Crippen LogP contribution is -2.47. The van der Waals surface area contributed by atoms with Gasteiger partial charge in [0.05, 0.1) is 17.2 Å². The molecule has 1 aliphatic heterocycles. The molecule has 1 amide bonds. The summed E-state index contributed by atoms with van der Waals surface area (Å²) >= 11 is 5.98. The first-order chi connectivity index (χ1) is 14.6. The number of para-hydroxylation sites is 1. The van der Waals surface area contributed by atoms with Gasteiger partial charge < -0.3 is 9.64 Å². The van der Waals surface area contributed by atoms with Gasteiger partial charge in [-0.25, -0.2) is 0 Å². The van der Waals surface area contributed by atoms with Crippen LogP contribution in [-0.2, 0) is 6.42 Å². The lowest BCUT2D eigenvalue weighted by atomic mass is 9.85. The number of ether oxygens (including phenoxy) is 1. The van der Waals surface area contributed by atoms with Crippen LogP contribution in [0.15, 0.2) is 42.6 Å². The van der Waals surface area contributed by atoms with E-state index in [0.717, 1.165) is 50.3 Å². The van der Waals surface area contributed by atoms with Crippen LogP contribution in [0.1, 0.15) is 61.0 Å². The molecule has 1 atom stereocenters. The van der Waals surface area contributed by atoms with E-state index in [-0.39, 0.29) is 11.9 Å². The molecule has 1 saturated heterocycles. The largest absolute Gasteiger partial charge is 0.492 e. The molecule has 2 heterocycles. The second-order valence-electron chi connectivity index (χ2n) is 9.36. The summed E-state index contributed by atoms with van der Waals surface area (Å²) in [6.07, 6.45) is 10.8. The van der Waals surface area contributed by atoms with E-state index in [2.05, 4.69) is 9.88 Å². The number of likely N-dealkylation sites (tertiary alicyclic amines) is 1. The summed E-state index contributed by atoms with van der Waals surface area (Å²) in [4.78, 5) is 20.1. The summed E-state index contributed by atoms with van der Waals surface area (Å²) in [5, 5.41) is 0.660. The van der Waals surface area contributed by atoms with Crippen LogP contribution in [0.4, 0.5) is 0 Å². The summed E-state index contributed by atoms with van der Waals surface area (Å²) in [6, 6.07) is 11.9. The van der Waals surface area contributed by atoms with Gasteiger partial charge in [0.1, 0.15) is 5.75 Å². The van der Waals surface area contributed by atoms with Gasteiger partial charge in [-0.05, 0) is 87.0 Å². The van der Waals surface area contributed by atoms with Crippen molar-refractivity contribution < 1.29 is 9.53 Å². The minimum absolute atomic E-state index is 0.117. The van der Waals surface area contributed by atoms with Gasteiger partial charge in [-0.2, -0.15) is 0 Å². The van der Waals surface area contributed by atoms with Gasteiger partial charge in [0, 0.05) is 24.5 Å². The van der Waals surface area contributed by atoms with E-state index >= 15 is 0 Å². The molecule has 1 aromatic heterocycles. The second kappa shape index (κ2) is 8.22. The number of aromatic nitrogens is 1. The third-order valence-electron chi connectivity index (χ3n) is 7.02. The second-order valence-corrected chi connectivity index (χ2v) is 9.80. The molecule has 3 fully saturated rings. The number of benzene rings is 1. The highest BCUT2D eigenvalue weighted by Gasteiger charge is 2.49. The Morgan fingerprint density at radius 1 is 1.17 bits per heavy atom. The predicted octanol–water partition coefficient (Wildman–Crippen LogP) is 5.54. The van der Waals surface area contributed by atoms with Gasteiger partial charge in [0.15, 0.2) is 0 Å². The van der Waals surface area contributed by atoms with Crippen molar-refractivity contribution in [2.75, 3.05) is 13.2 Å². The van der Waals surface area contributed by atoms with Crippen molar-refractivity contribution in [3.8, 4) is 5.75 Å². The molecule has 1 spiro atoms. The Morgan fingerprint density at radius 3 is 2.73 bits per heavy atom.